The van der Waals surface area contributed by atoms with Crippen molar-refractivity contribution in [1.82, 2.24) is 9.55 Å². The average molecular weight is 293 g/mol. The zero-order chi connectivity index (χ0) is 12.5. The molecule has 1 heterocycles. The van der Waals surface area contributed by atoms with Gasteiger partial charge in [-0.3, -0.25) is 4.57 Å². The number of aryl methyl sites for hydroxylation is 1. The van der Waals surface area contributed by atoms with Gasteiger partial charge in [0.25, 0.3) is 0 Å². The van der Waals surface area contributed by atoms with Crippen LogP contribution >= 0.6 is 24.0 Å². The fourth-order valence-corrected chi connectivity index (χ4v) is 2.28. The van der Waals surface area contributed by atoms with Gasteiger partial charge in [-0.05, 0) is 42.3 Å². The Hall–Kier alpha value is -1.51. The lowest BCUT2D eigenvalue weighted by molar-refractivity contribution is 1.09. The molecule has 0 aliphatic heterocycles. The van der Waals surface area contributed by atoms with Crippen molar-refractivity contribution in [2.75, 3.05) is 0 Å². The van der Waals surface area contributed by atoms with Gasteiger partial charge in [0.1, 0.15) is 6.33 Å². The molecule has 0 atom stereocenters. The van der Waals surface area contributed by atoms with Gasteiger partial charge in [-0.25, -0.2) is 4.98 Å². The van der Waals surface area contributed by atoms with Gasteiger partial charge >= 0.3 is 0 Å². The maximum Gasteiger partial charge on any atom is 0.100 e. The molecule has 0 aliphatic carbocycles. The van der Waals surface area contributed by atoms with E-state index in [4.69, 9.17) is 11.6 Å². The summed E-state index contributed by atoms with van der Waals surface area (Å²) in [5, 5.41) is 0. The highest BCUT2D eigenvalue weighted by molar-refractivity contribution is 6.17. The second-order valence-corrected chi connectivity index (χ2v) is 4.68. The first kappa shape index (κ1) is 13.9. The molecule has 0 saturated carbocycles. The van der Waals surface area contributed by atoms with Gasteiger partial charge in [0.15, 0.2) is 0 Å². The fourth-order valence-electron chi connectivity index (χ4n) is 2.12. The van der Waals surface area contributed by atoms with E-state index in [2.05, 4.69) is 46.8 Å². The van der Waals surface area contributed by atoms with Gasteiger partial charge in [-0.1, -0.05) is 18.2 Å². The van der Waals surface area contributed by atoms with Gasteiger partial charge in [-0.2, -0.15) is 0 Å². The number of hydrogen-bond acceptors (Lipinski definition) is 1. The summed E-state index contributed by atoms with van der Waals surface area (Å²) in [7, 11) is 0. The second kappa shape index (κ2) is 5.64. The van der Waals surface area contributed by atoms with Crippen molar-refractivity contribution >= 4 is 35.0 Å². The minimum absolute atomic E-state index is 0. The SMILES string of the molecule is Cc1ccc2c(c1)ncn2-c1cccc(CCl)c1.Cl. The van der Waals surface area contributed by atoms with E-state index in [1.54, 1.807) is 0 Å². The predicted molar refractivity (Wildman–Crippen MR) is 82.6 cm³/mol. The fraction of sp³-hybridized carbons (Fsp3) is 0.133. The minimum Gasteiger partial charge on any atom is -0.299 e. The normalized spacial score (nSPS) is 10.4. The molecule has 1 aromatic heterocycles. The average Bonchev–Trinajstić information content (AvgIpc) is 2.81. The Morgan fingerprint density at radius 1 is 1.16 bits per heavy atom. The molecular weight excluding hydrogens is 279 g/mol. The molecule has 0 spiro atoms. The Labute approximate surface area is 123 Å². The molecule has 2 nitrogen and oxygen atoms in total. The Balaban J connectivity index is 0.00000133. The third-order valence-corrected chi connectivity index (χ3v) is 3.35. The third kappa shape index (κ3) is 2.60. The van der Waals surface area contributed by atoms with Crippen LogP contribution in [0.15, 0.2) is 48.8 Å². The zero-order valence-corrected chi connectivity index (χ0v) is 12.1. The van der Waals surface area contributed by atoms with Crippen molar-refractivity contribution in [3.05, 3.63) is 59.9 Å². The van der Waals surface area contributed by atoms with Gasteiger partial charge in [0, 0.05) is 11.6 Å². The van der Waals surface area contributed by atoms with Crippen LogP contribution in [0, 0.1) is 6.92 Å². The van der Waals surface area contributed by atoms with E-state index in [0.717, 1.165) is 22.3 Å². The first-order valence-corrected chi connectivity index (χ1v) is 6.40. The molecule has 0 N–H and O–H groups in total. The van der Waals surface area contributed by atoms with E-state index in [-0.39, 0.29) is 12.4 Å². The van der Waals surface area contributed by atoms with Crippen LogP contribution in [-0.2, 0) is 5.88 Å². The molecule has 2 aromatic carbocycles. The monoisotopic (exact) mass is 292 g/mol. The minimum atomic E-state index is 0. The van der Waals surface area contributed by atoms with Crippen molar-refractivity contribution in [3.63, 3.8) is 0 Å². The summed E-state index contributed by atoms with van der Waals surface area (Å²) in [5.74, 6) is 0.527. The maximum atomic E-state index is 5.87. The number of halogens is 2. The number of hydrogen-bond donors (Lipinski definition) is 0. The molecule has 0 radical (unpaired) electrons. The third-order valence-electron chi connectivity index (χ3n) is 3.05. The summed E-state index contributed by atoms with van der Waals surface area (Å²) in [6.07, 6.45) is 1.86. The van der Waals surface area contributed by atoms with Crippen molar-refractivity contribution < 1.29 is 0 Å². The number of alkyl halides is 1. The van der Waals surface area contributed by atoms with Crippen LogP contribution < -0.4 is 0 Å². The van der Waals surface area contributed by atoms with Gasteiger partial charge in [0.05, 0.1) is 11.0 Å². The quantitative estimate of drug-likeness (QED) is 0.636. The van der Waals surface area contributed by atoms with Gasteiger partial charge in [0.2, 0.25) is 0 Å². The zero-order valence-electron chi connectivity index (χ0n) is 10.5. The predicted octanol–water partition coefficient (Wildman–Crippen LogP) is 4.49. The van der Waals surface area contributed by atoms with Crippen LogP contribution in [0.5, 0.6) is 0 Å². The number of fused-ring (bicyclic) bond motifs is 1. The first-order chi connectivity index (χ1) is 8.78. The summed E-state index contributed by atoms with van der Waals surface area (Å²) in [4.78, 5) is 4.44. The topological polar surface area (TPSA) is 17.8 Å². The molecule has 0 saturated heterocycles. The number of benzene rings is 2. The van der Waals surface area contributed by atoms with Gasteiger partial charge in [-0.15, -0.1) is 24.0 Å². The van der Waals surface area contributed by atoms with E-state index >= 15 is 0 Å². The largest absolute Gasteiger partial charge is 0.299 e. The highest BCUT2D eigenvalue weighted by Crippen LogP contribution is 2.20. The molecule has 3 rings (SSSR count). The molecule has 0 bridgehead atoms. The van der Waals surface area contributed by atoms with Crippen molar-refractivity contribution in [3.8, 4) is 5.69 Å². The standard InChI is InChI=1S/C15H13ClN2.ClH/c1-11-5-6-15-14(7-11)17-10-18(15)13-4-2-3-12(8-13)9-16;/h2-8,10H,9H2,1H3;1H. The summed E-state index contributed by atoms with van der Waals surface area (Å²) in [5.41, 5.74) is 5.57. The molecule has 0 amide bonds. The summed E-state index contributed by atoms with van der Waals surface area (Å²) < 4.78 is 2.09. The summed E-state index contributed by atoms with van der Waals surface area (Å²) in [6.45, 7) is 2.08. The smallest absolute Gasteiger partial charge is 0.100 e. The Morgan fingerprint density at radius 2 is 2.00 bits per heavy atom. The highest BCUT2D eigenvalue weighted by Gasteiger charge is 2.04. The second-order valence-electron chi connectivity index (χ2n) is 4.41. The summed E-state index contributed by atoms with van der Waals surface area (Å²) >= 11 is 5.87. The number of imidazole rings is 1. The molecule has 19 heavy (non-hydrogen) atoms. The van der Waals surface area contributed by atoms with Gasteiger partial charge < -0.3 is 0 Å². The molecule has 3 aromatic rings. The molecule has 0 unspecified atom stereocenters. The van der Waals surface area contributed by atoms with Crippen molar-refractivity contribution in [2.45, 2.75) is 12.8 Å². The van der Waals surface area contributed by atoms with E-state index in [1.807, 2.05) is 18.5 Å². The Morgan fingerprint density at radius 3 is 2.79 bits per heavy atom. The van der Waals surface area contributed by atoms with E-state index in [1.165, 1.54) is 5.56 Å². The van der Waals surface area contributed by atoms with Crippen LogP contribution in [0.3, 0.4) is 0 Å². The molecule has 0 fully saturated rings. The van der Waals surface area contributed by atoms with Crippen molar-refractivity contribution in [1.29, 1.82) is 0 Å². The lowest BCUT2D eigenvalue weighted by atomic mass is 10.2. The number of aromatic nitrogens is 2. The van der Waals surface area contributed by atoms with E-state index < -0.39 is 0 Å². The van der Waals surface area contributed by atoms with Crippen LogP contribution in [-0.4, -0.2) is 9.55 Å². The molecular formula is C15H14Cl2N2. The Bertz CT molecular complexity index is 704. The number of nitrogens with zero attached hydrogens (tertiary/aromatic N) is 2. The molecule has 98 valence electrons. The van der Waals surface area contributed by atoms with Crippen LogP contribution in [0.1, 0.15) is 11.1 Å². The number of rotatable bonds is 2. The van der Waals surface area contributed by atoms with E-state index in [9.17, 15) is 0 Å². The maximum absolute atomic E-state index is 5.87. The highest BCUT2D eigenvalue weighted by atomic mass is 35.5. The first-order valence-electron chi connectivity index (χ1n) is 5.87. The lowest BCUT2D eigenvalue weighted by Crippen LogP contribution is -1.92. The Kier molecular flexibility index (Phi) is 4.13. The van der Waals surface area contributed by atoms with Crippen LogP contribution in [0.25, 0.3) is 16.7 Å². The van der Waals surface area contributed by atoms with Crippen LogP contribution in [0.4, 0.5) is 0 Å². The molecule has 4 heteroatoms. The van der Waals surface area contributed by atoms with Crippen LogP contribution in [0.2, 0.25) is 0 Å². The van der Waals surface area contributed by atoms with Crippen molar-refractivity contribution in [2.24, 2.45) is 0 Å². The molecule has 0 aliphatic rings. The summed E-state index contributed by atoms with van der Waals surface area (Å²) in [6, 6.07) is 14.5. The lowest BCUT2D eigenvalue weighted by Gasteiger charge is -2.06. The van der Waals surface area contributed by atoms with E-state index in [0.29, 0.717) is 5.88 Å².